The van der Waals surface area contributed by atoms with E-state index in [2.05, 4.69) is 10.2 Å². The maximum Gasteiger partial charge on any atom is 0.222 e. The molecule has 1 aromatic rings. The lowest BCUT2D eigenvalue weighted by Gasteiger charge is -2.32. The van der Waals surface area contributed by atoms with Gasteiger partial charge in [0, 0.05) is 37.3 Å². The van der Waals surface area contributed by atoms with Crippen LogP contribution in [0.25, 0.3) is 0 Å². The summed E-state index contributed by atoms with van der Waals surface area (Å²) in [5, 5.41) is 2.71. The second kappa shape index (κ2) is 5.67. The molecular weight excluding hydrogens is 228 g/mol. The molecule has 0 saturated carbocycles. The number of nitrogens with zero attached hydrogens (tertiary/aromatic N) is 1. The van der Waals surface area contributed by atoms with Crippen LogP contribution in [0.5, 0.6) is 0 Å². The topological polar surface area (TPSA) is 49.4 Å². The Morgan fingerprint density at radius 2 is 1.89 bits per heavy atom. The Kier molecular flexibility index (Phi) is 3.97. The predicted molar refractivity (Wildman–Crippen MR) is 70.8 cm³/mol. The third-order valence-electron chi connectivity index (χ3n) is 3.51. The molecule has 1 saturated heterocycles. The van der Waals surface area contributed by atoms with Crippen LogP contribution in [0.2, 0.25) is 0 Å². The summed E-state index contributed by atoms with van der Waals surface area (Å²) in [5.74, 6) is 0.284. The molecule has 1 aliphatic rings. The van der Waals surface area contributed by atoms with Crippen molar-refractivity contribution in [2.24, 2.45) is 5.92 Å². The van der Waals surface area contributed by atoms with Crippen molar-refractivity contribution in [1.29, 1.82) is 0 Å². The number of rotatable bonds is 3. The molecule has 4 nitrogen and oxygen atoms in total. The lowest BCUT2D eigenvalue weighted by Crippen LogP contribution is -2.39. The van der Waals surface area contributed by atoms with Gasteiger partial charge in [-0.05, 0) is 37.1 Å². The van der Waals surface area contributed by atoms with Crippen LogP contribution in [0.3, 0.4) is 0 Å². The van der Waals surface area contributed by atoms with Gasteiger partial charge in [-0.1, -0.05) is 0 Å². The number of hydrogen-bond donors (Lipinski definition) is 1. The molecule has 96 valence electrons. The number of anilines is 1. The van der Waals surface area contributed by atoms with Gasteiger partial charge in [0.25, 0.3) is 0 Å². The highest BCUT2D eigenvalue weighted by Crippen LogP contribution is 2.23. The molecule has 0 radical (unpaired) electrons. The predicted octanol–water partition coefficient (Wildman–Crippen LogP) is 1.46. The van der Waals surface area contributed by atoms with Crippen molar-refractivity contribution in [2.45, 2.75) is 12.8 Å². The Morgan fingerprint density at radius 3 is 2.39 bits per heavy atom. The number of hydrogen-bond acceptors (Lipinski definition) is 3. The largest absolute Gasteiger partial charge is 0.371 e. The average molecular weight is 246 g/mol. The minimum atomic E-state index is 0.139. The molecule has 1 N–H and O–H groups in total. The van der Waals surface area contributed by atoms with Crippen LogP contribution in [0.1, 0.15) is 23.2 Å². The van der Waals surface area contributed by atoms with Gasteiger partial charge in [-0.25, -0.2) is 0 Å². The average Bonchev–Trinajstić information content (AvgIpc) is 2.47. The van der Waals surface area contributed by atoms with Crippen LogP contribution in [0, 0.1) is 5.92 Å². The molecular formula is C14H18N2O2. The fourth-order valence-electron chi connectivity index (χ4n) is 2.37. The van der Waals surface area contributed by atoms with Gasteiger partial charge < -0.3 is 10.2 Å². The molecule has 18 heavy (non-hydrogen) atoms. The summed E-state index contributed by atoms with van der Waals surface area (Å²) in [6.45, 7) is 1.77. The van der Waals surface area contributed by atoms with E-state index in [0.29, 0.717) is 5.56 Å². The quantitative estimate of drug-likeness (QED) is 0.821. The molecule has 1 heterocycles. The van der Waals surface area contributed by atoms with Crippen molar-refractivity contribution in [3.8, 4) is 0 Å². The molecule has 1 amide bonds. The van der Waals surface area contributed by atoms with Crippen molar-refractivity contribution in [3.05, 3.63) is 29.8 Å². The number of carbonyl (C=O) groups is 2. The molecule has 4 heteroatoms. The fraction of sp³-hybridized carbons (Fsp3) is 0.429. The minimum absolute atomic E-state index is 0.139. The molecule has 0 bridgehead atoms. The van der Waals surface area contributed by atoms with Gasteiger partial charge in [0.05, 0.1) is 0 Å². The lowest BCUT2D eigenvalue weighted by atomic mass is 9.95. The molecule has 0 aliphatic carbocycles. The van der Waals surface area contributed by atoms with Gasteiger partial charge in [-0.3, -0.25) is 9.59 Å². The highest BCUT2D eigenvalue weighted by Gasteiger charge is 2.24. The summed E-state index contributed by atoms with van der Waals surface area (Å²) in [5.41, 5.74) is 1.81. The normalized spacial score (nSPS) is 16.4. The van der Waals surface area contributed by atoms with E-state index in [-0.39, 0.29) is 11.8 Å². The Hall–Kier alpha value is -1.84. The van der Waals surface area contributed by atoms with Crippen molar-refractivity contribution in [1.82, 2.24) is 5.32 Å². The van der Waals surface area contributed by atoms with Gasteiger partial charge >= 0.3 is 0 Å². The zero-order valence-corrected chi connectivity index (χ0v) is 10.6. The second-order valence-corrected chi connectivity index (χ2v) is 4.58. The van der Waals surface area contributed by atoms with Crippen LogP contribution in [-0.4, -0.2) is 32.3 Å². The highest BCUT2D eigenvalue weighted by atomic mass is 16.1. The Labute approximate surface area is 107 Å². The number of piperidine rings is 1. The maximum atomic E-state index is 11.5. The molecule has 0 aromatic heterocycles. The summed E-state index contributed by atoms with van der Waals surface area (Å²) in [4.78, 5) is 24.4. The van der Waals surface area contributed by atoms with Crippen LogP contribution < -0.4 is 10.2 Å². The van der Waals surface area contributed by atoms with Crippen LogP contribution in [0.15, 0.2) is 24.3 Å². The van der Waals surface area contributed by atoms with E-state index >= 15 is 0 Å². The van der Waals surface area contributed by atoms with Crippen molar-refractivity contribution in [2.75, 3.05) is 25.0 Å². The second-order valence-electron chi connectivity index (χ2n) is 4.58. The van der Waals surface area contributed by atoms with Gasteiger partial charge in [0.15, 0.2) is 0 Å². The van der Waals surface area contributed by atoms with Crippen LogP contribution in [0.4, 0.5) is 5.69 Å². The smallest absolute Gasteiger partial charge is 0.222 e. The van der Waals surface area contributed by atoms with E-state index in [0.717, 1.165) is 37.9 Å². The van der Waals surface area contributed by atoms with Gasteiger partial charge in [-0.15, -0.1) is 0 Å². The Balaban J connectivity index is 1.96. The SMILES string of the molecule is CNC(=O)C1CCN(c2ccc(C=O)cc2)CC1. The van der Waals surface area contributed by atoms with Crippen LogP contribution in [-0.2, 0) is 4.79 Å². The first-order valence-electron chi connectivity index (χ1n) is 6.26. The first kappa shape index (κ1) is 12.6. The van der Waals surface area contributed by atoms with Gasteiger partial charge in [0.2, 0.25) is 5.91 Å². The summed E-state index contributed by atoms with van der Waals surface area (Å²) in [6, 6.07) is 7.58. The monoisotopic (exact) mass is 246 g/mol. The first-order valence-corrected chi connectivity index (χ1v) is 6.26. The fourth-order valence-corrected chi connectivity index (χ4v) is 2.37. The lowest BCUT2D eigenvalue weighted by molar-refractivity contribution is -0.125. The van der Waals surface area contributed by atoms with E-state index in [1.54, 1.807) is 7.05 Å². The number of carbonyl (C=O) groups excluding carboxylic acids is 2. The number of amides is 1. The van der Waals surface area contributed by atoms with Crippen molar-refractivity contribution >= 4 is 17.9 Å². The van der Waals surface area contributed by atoms with Gasteiger partial charge in [0.1, 0.15) is 6.29 Å². The molecule has 0 unspecified atom stereocenters. The molecule has 1 aliphatic heterocycles. The standard InChI is InChI=1S/C14H18N2O2/c1-15-14(18)12-6-8-16(9-7-12)13-4-2-11(10-17)3-5-13/h2-5,10,12H,6-9H2,1H3,(H,15,18). The summed E-state index contributed by atoms with van der Waals surface area (Å²) in [7, 11) is 1.69. The third kappa shape index (κ3) is 2.70. The zero-order valence-electron chi connectivity index (χ0n) is 10.6. The van der Waals surface area contributed by atoms with E-state index in [1.165, 1.54) is 0 Å². The number of aldehydes is 1. The van der Waals surface area contributed by atoms with E-state index in [9.17, 15) is 9.59 Å². The van der Waals surface area contributed by atoms with Crippen molar-refractivity contribution < 1.29 is 9.59 Å². The third-order valence-corrected chi connectivity index (χ3v) is 3.51. The molecule has 2 rings (SSSR count). The summed E-state index contributed by atoms with van der Waals surface area (Å²) < 4.78 is 0. The molecule has 1 fully saturated rings. The Bertz CT molecular complexity index is 420. The highest BCUT2D eigenvalue weighted by molar-refractivity contribution is 5.78. The molecule has 0 atom stereocenters. The summed E-state index contributed by atoms with van der Waals surface area (Å²) >= 11 is 0. The van der Waals surface area contributed by atoms with E-state index in [1.807, 2.05) is 24.3 Å². The summed E-state index contributed by atoms with van der Waals surface area (Å²) in [6.07, 6.45) is 2.62. The first-order chi connectivity index (χ1) is 8.74. The zero-order chi connectivity index (χ0) is 13.0. The minimum Gasteiger partial charge on any atom is -0.371 e. The molecule has 1 aromatic carbocycles. The van der Waals surface area contributed by atoms with Crippen LogP contribution >= 0.6 is 0 Å². The Morgan fingerprint density at radius 1 is 1.28 bits per heavy atom. The number of nitrogens with one attached hydrogen (secondary N) is 1. The van der Waals surface area contributed by atoms with Crippen molar-refractivity contribution in [3.63, 3.8) is 0 Å². The van der Waals surface area contributed by atoms with E-state index < -0.39 is 0 Å². The van der Waals surface area contributed by atoms with Gasteiger partial charge in [-0.2, -0.15) is 0 Å². The maximum absolute atomic E-state index is 11.5. The van der Waals surface area contributed by atoms with E-state index in [4.69, 9.17) is 0 Å². The number of benzene rings is 1. The molecule has 0 spiro atoms.